The molecule has 0 amide bonds. The van der Waals surface area contributed by atoms with Gasteiger partial charge in [0.25, 0.3) is 0 Å². The van der Waals surface area contributed by atoms with E-state index >= 15 is 0 Å². The van der Waals surface area contributed by atoms with Crippen LogP contribution in [0, 0.1) is 5.92 Å². The molecule has 0 unspecified atom stereocenters. The molecule has 84 valence electrons. The Morgan fingerprint density at radius 1 is 1.53 bits per heavy atom. The number of aliphatic hydroxyl groups is 1. The highest BCUT2D eigenvalue weighted by atomic mass is 16.3. The topological polar surface area (TPSA) is 54.2 Å². The van der Waals surface area contributed by atoms with E-state index in [1.54, 1.807) is 6.33 Å². The van der Waals surface area contributed by atoms with E-state index in [0.29, 0.717) is 12.5 Å². The third-order valence-corrected chi connectivity index (χ3v) is 2.79. The molecule has 0 aromatic carbocycles. The number of aromatic nitrogens is 3. The monoisotopic (exact) mass is 210 g/mol. The van der Waals surface area contributed by atoms with Gasteiger partial charge >= 0.3 is 0 Å². The fraction of sp³-hybridized carbons (Fsp3) is 0.800. The van der Waals surface area contributed by atoms with Crippen molar-refractivity contribution < 1.29 is 5.11 Å². The Labute approximate surface area is 89.7 Å². The lowest BCUT2D eigenvalue weighted by molar-refractivity contribution is 0.0449. The molecule has 0 bridgehead atoms. The lowest BCUT2D eigenvalue weighted by Crippen LogP contribution is -2.47. The van der Waals surface area contributed by atoms with Gasteiger partial charge in [-0.15, -0.1) is 0 Å². The SMILES string of the molecule is CCCn1ncnc1CN1CC(CO)C1. The van der Waals surface area contributed by atoms with E-state index in [9.17, 15) is 0 Å². The molecule has 1 aliphatic heterocycles. The van der Waals surface area contributed by atoms with Gasteiger partial charge in [0, 0.05) is 32.2 Å². The number of aliphatic hydroxyl groups excluding tert-OH is 1. The number of aryl methyl sites for hydroxylation is 1. The van der Waals surface area contributed by atoms with E-state index in [2.05, 4.69) is 21.9 Å². The Kier molecular flexibility index (Phi) is 3.33. The third kappa shape index (κ3) is 2.35. The first-order chi connectivity index (χ1) is 7.33. The minimum atomic E-state index is 0.304. The second-order valence-corrected chi connectivity index (χ2v) is 4.14. The standard InChI is InChI=1S/C10H18N4O/c1-2-3-14-10(11-8-12-14)6-13-4-9(5-13)7-15/h8-9,15H,2-7H2,1H3. The van der Waals surface area contributed by atoms with Crippen molar-refractivity contribution in [3.05, 3.63) is 12.2 Å². The van der Waals surface area contributed by atoms with Crippen molar-refractivity contribution in [1.29, 1.82) is 0 Å². The van der Waals surface area contributed by atoms with Gasteiger partial charge in [-0.2, -0.15) is 5.10 Å². The zero-order valence-corrected chi connectivity index (χ0v) is 9.13. The summed E-state index contributed by atoms with van der Waals surface area (Å²) < 4.78 is 1.96. The molecule has 2 heterocycles. The van der Waals surface area contributed by atoms with Crippen LogP contribution in [-0.4, -0.2) is 44.5 Å². The Balaban J connectivity index is 1.85. The molecule has 1 N–H and O–H groups in total. The van der Waals surface area contributed by atoms with Crippen molar-refractivity contribution in [3.8, 4) is 0 Å². The Morgan fingerprint density at radius 3 is 3.00 bits per heavy atom. The van der Waals surface area contributed by atoms with Crippen LogP contribution in [-0.2, 0) is 13.1 Å². The zero-order valence-electron chi connectivity index (χ0n) is 9.13. The number of nitrogens with zero attached hydrogens (tertiary/aromatic N) is 4. The quantitative estimate of drug-likeness (QED) is 0.749. The average Bonchev–Trinajstić information content (AvgIpc) is 2.59. The van der Waals surface area contributed by atoms with Crippen LogP contribution in [0.15, 0.2) is 6.33 Å². The maximum Gasteiger partial charge on any atom is 0.141 e. The maximum atomic E-state index is 8.91. The normalized spacial score (nSPS) is 18.0. The zero-order chi connectivity index (χ0) is 10.7. The Bertz CT molecular complexity index is 306. The first-order valence-corrected chi connectivity index (χ1v) is 5.53. The van der Waals surface area contributed by atoms with Crippen molar-refractivity contribution in [2.75, 3.05) is 19.7 Å². The van der Waals surface area contributed by atoms with Gasteiger partial charge in [0.05, 0.1) is 6.54 Å². The van der Waals surface area contributed by atoms with Crippen LogP contribution in [0.25, 0.3) is 0 Å². The highest BCUT2D eigenvalue weighted by Crippen LogP contribution is 2.16. The lowest BCUT2D eigenvalue weighted by Gasteiger charge is -2.37. The molecule has 5 nitrogen and oxygen atoms in total. The minimum Gasteiger partial charge on any atom is -0.396 e. The third-order valence-electron chi connectivity index (χ3n) is 2.79. The maximum absolute atomic E-state index is 8.91. The second-order valence-electron chi connectivity index (χ2n) is 4.14. The van der Waals surface area contributed by atoms with Gasteiger partial charge in [-0.1, -0.05) is 6.92 Å². The van der Waals surface area contributed by atoms with E-state index in [1.807, 2.05) is 4.68 Å². The fourth-order valence-corrected chi connectivity index (χ4v) is 1.93. The minimum absolute atomic E-state index is 0.304. The van der Waals surface area contributed by atoms with Crippen LogP contribution in [0.5, 0.6) is 0 Å². The summed E-state index contributed by atoms with van der Waals surface area (Å²) in [7, 11) is 0. The van der Waals surface area contributed by atoms with Gasteiger partial charge in [-0.3, -0.25) is 4.90 Å². The number of likely N-dealkylation sites (tertiary alicyclic amines) is 1. The summed E-state index contributed by atoms with van der Waals surface area (Å²) in [6.45, 7) is 6.20. The molecule has 1 aromatic heterocycles. The van der Waals surface area contributed by atoms with Crippen LogP contribution in [0.2, 0.25) is 0 Å². The molecular formula is C10H18N4O. The predicted octanol–water partition coefficient (Wildman–Crippen LogP) is 0.112. The summed E-state index contributed by atoms with van der Waals surface area (Å²) in [4.78, 5) is 6.54. The second kappa shape index (κ2) is 4.72. The van der Waals surface area contributed by atoms with Gasteiger partial charge in [-0.25, -0.2) is 9.67 Å². The number of hydrogen-bond acceptors (Lipinski definition) is 4. The molecule has 1 aliphatic rings. The summed E-state index contributed by atoms with van der Waals surface area (Å²) in [6, 6.07) is 0. The first-order valence-electron chi connectivity index (χ1n) is 5.53. The average molecular weight is 210 g/mol. The van der Waals surface area contributed by atoms with E-state index in [4.69, 9.17) is 5.11 Å². The molecular weight excluding hydrogens is 192 g/mol. The first kappa shape index (κ1) is 10.6. The lowest BCUT2D eigenvalue weighted by atomic mass is 10.0. The van der Waals surface area contributed by atoms with E-state index in [-0.39, 0.29) is 0 Å². The summed E-state index contributed by atoms with van der Waals surface area (Å²) in [6.07, 6.45) is 2.70. The molecule has 15 heavy (non-hydrogen) atoms. The fourth-order valence-electron chi connectivity index (χ4n) is 1.93. The van der Waals surface area contributed by atoms with Crippen LogP contribution >= 0.6 is 0 Å². The predicted molar refractivity (Wildman–Crippen MR) is 56.2 cm³/mol. The molecule has 0 saturated carbocycles. The Morgan fingerprint density at radius 2 is 2.33 bits per heavy atom. The van der Waals surface area contributed by atoms with Crippen LogP contribution in [0.4, 0.5) is 0 Å². The summed E-state index contributed by atoms with van der Waals surface area (Å²) in [5.41, 5.74) is 0. The van der Waals surface area contributed by atoms with Crippen molar-refractivity contribution in [1.82, 2.24) is 19.7 Å². The number of rotatable bonds is 5. The van der Waals surface area contributed by atoms with Crippen molar-refractivity contribution in [2.24, 2.45) is 5.92 Å². The largest absolute Gasteiger partial charge is 0.396 e. The highest BCUT2D eigenvalue weighted by Gasteiger charge is 2.26. The highest BCUT2D eigenvalue weighted by molar-refractivity contribution is 4.89. The van der Waals surface area contributed by atoms with E-state index in [1.165, 1.54) is 0 Å². The molecule has 0 spiro atoms. The number of hydrogen-bond donors (Lipinski definition) is 1. The molecule has 5 heteroatoms. The van der Waals surface area contributed by atoms with Crippen LogP contribution < -0.4 is 0 Å². The van der Waals surface area contributed by atoms with Crippen molar-refractivity contribution in [3.63, 3.8) is 0 Å². The van der Waals surface area contributed by atoms with Gasteiger partial charge in [-0.05, 0) is 6.42 Å². The van der Waals surface area contributed by atoms with Gasteiger partial charge in [0.1, 0.15) is 12.2 Å². The van der Waals surface area contributed by atoms with Gasteiger partial charge < -0.3 is 5.11 Å². The van der Waals surface area contributed by atoms with E-state index in [0.717, 1.165) is 38.4 Å². The molecule has 1 saturated heterocycles. The Hall–Kier alpha value is -0.940. The van der Waals surface area contributed by atoms with Crippen LogP contribution in [0.1, 0.15) is 19.2 Å². The van der Waals surface area contributed by atoms with E-state index < -0.39 is 0 Å². The summed E-state index contributed by atoms with van der Waals surface area (Å²) >= 11 is 0. The smallest absolute Gasteiger partial charge is 0.141 e. The molecule has 2 rings (SSSR count). The van der Waals surface area contributed by atoms with Gasteiger partial charge in [0.15, 0.2) is 0 Å². The van der Waals surface area contributed by atoms with Crippen molar-refractivity contribution in [2.45, 2.75) is 26.4 Å². The summed E-state index contributed by atoms with van der Waals surface area (Å²) in [5, 5.41) is 13.1. The van der Waals surface area contributed by atoms with Crippen molar-refractivity contribution >= 4 is 0 Å². The molecule has 0 atom stereocenters. The molecule has 0 radical (unpaired) electrons. The molecule has 1 aromatic rings. The van der Waals surface area contributed by atoms with Gasteiger partial charge in [0.2, 0.25) is 0 Å². The summed E-state index contributed by atoms with van der Waals surface area (Å²) in [5.74, 6) is 1.50. The molecule has 1 fully saturated rings. The molecule has 0 aliphatic carbocycles. The van der Waals surface area contributed by atoms with Crippen LogP contribution in [0.3, 0.4) is 0 Å².